The molecule has 9 nitrogen and oxygen atoms in total. The zero-order valence-corrected chi connectivity index (χ0v) is 41.9. The van der Waals surface area contributed by atoms with E-state index < -0.39 is 0 Å². The Morgan fingerprint density at radius 1 is 0.394 bits per heavy atom. The summed E-state index contributed by atoms with van der Waals surface area (Å²) in [5, 5.41) is 0. The molecule has 9 aromatic rings. The molecule has 3 aromatic heterocycles. The van der Waals surface area contributed by atoms with Crippen LogP contribution in [-0.4, -0.2) is 43.6 Å². The molecule has 1 atom stereocenters. The van der Waals surface area contributed by atoms with Crippen molar-refractivity contribution in [2.24, 2.45) is 0 Å². The lowest BCUT2D eigenvalue weighted by molar-refractivity contribution is -0.772. The Bertz CT molecular complexity index is 3450. The summed E-state index contributed by atoms with van der Waals surface area (Å²) in [6.45, 7) is 13.8. The van der Waals surface area contributed by atoms with Gasteiger partial charge >= 0.3 is 17.5 Å². The topological polar surface area (TPSA) is 35.9 Å². The number of aryl methyl sites for hydroxylation is 5. The highest BCUT2D eigenvalue weighted by Crippen LogP contribution is 2.48. The molecule has 0 aliphatic carbocycles. The second-order valence-corrected chi connectivity index (χ2v) is 20.5. The van der Waals surface area contributed by atoms with Crippen molar-refractivity contribution in [3.63, 3.8) is 0 Å². The van der Waals surface area contributed by atoms with Gasteiger partial charge in [-0.15, -0.1) is 0 Å². The average molecular weight is 940 g/mol. The minimum absolute atomic E-state index is 0.382. The van der Waals surface area contributed by atoms with Gasteiger partial charge < -0.3 is 9.80 Å². The third kappa shape index (κ3) is 7.24. The number of aromatic nitrogens is 6. The van der Waals surface area contributed by atoms with Crippen molar-refractivity contribution in [3.8, 4) is 11.6 Å². The van der Waals surface area contributed by atoms with Crippen LogP contribution in [-0.2, 0) is 39.3 Å². The van der Waals surface area contributed by atoms with Crippen LogP contribution < -0.4 is 23.5 Å². The van der Waals surface area contributed by atoms with Crippen molar-refractivity contribution < 1.29 is 18.3 Å². The van der Waals surface area contributed by atoms with Crippen LogP contribution in [0.4, 0.5) is 28.4 Å². The maximum absolute atomic E-state index is 2.68. The summed E-state index contributed by atoms with van der Waals surface area (Å²) in [5.74, 6) is 4.55. The Balaban J connectivity index is 0.722. The van der Waals surface area contributed by atoms with Crippen LogP contribution in [0.2, 0.25) is 0 Å². The maximum Gasteiger partial charge on any atom is 0.374 e. The summed E-state index contributed by atoms with van der Waals surface area (Å²) in [4.78, 5) is 5.25. The van der Waals surface area contributed by atoms with Crippen LogP contribution in [0.3, 0.4) is 0 Å². The van der Waals surface area contributed by atoms with E-state index >= 15 is 0 Å². The molecule has 0 spiro atoms. The Morgan fingerprint density at radius 3 is 1.34 bits per heavy atom. The first-order valence-electron chi connectivity index (χ1n) is 27.2. The summed E-state index contributed by atoms with van der Waals surface area (Å²) < 4.78 is 18.5. The first kappa shape index (κ1) is 44.0. The molecule has 0 saturated heterocycles. The number of imidazole rings is 3. The predicted octanol–water partition coefficient (Wildman–Crippen LogP) is 12.3. The third-order valence-electron chi connectivity index (χ3n) is 16.5. The predicted molar refractivity (Wildman–Crippen MR) is 288 cm³/mol. The lowest BCUT2D eigenvalue weighted by Gasteiger charge is -2.40. The van der Waals surface area contributed by atoms with Gasteiger partial charge in [-0.1, -0.05) is 112 Å². The van der Waals surface area contributed by atoms with Crippen LogP contribution in [0.5, 0.6) is 0 Å². The zero-order valence-electron chi connectivity index (χ0n) is 41.9. The molecular weight excluding hydrogens is 871 g/mol. The fourth-order valence-corrected chi connectivity index (χ4v) is 13.3. The monoisotopic (exact) mass is 940 g/mol. The van der Waals surface area contributed by atoms with E-state index in [0.29, 0.717) is 5.92 Å². The smallest absolute Gasteiger partial charge is 0.338 e. The second-order valence-electron chi connectivity index (χ2n) is 20.5. The number of fused-ring (bicyclic) bond motifs is 15. The minimum atomic E-state index is 0.382. The van der Waals surface area contributed by atoms with E-state index in [0.717, 1.165) is 97.4 Å². The molecule has 7 heterocycles. The largest absolute Gasteiger partial charge is 0.374 e. The highest BCUT2D eigenvalue weighted by Gasteiger charge is 2.50. The van der Waals surface area contributed by atoms with Crippen LogP contribution in [0, 0.1) is 0 Å². The van der Waals surface area contributed by atoms with Gasteiger partial charge in [-0.3, -0.25) is 0 Å². The quantitative estimate of drug-likeness (QED) is 0.0674. The van der Waals surface area contributed by atoms with Gasteiger partial charge in [-0.25, -0.2) is 27.4 Å². The summed E-state index contributed by atoms with van der Waals surface area (Å²) in [7, 11) is 0. The molecule has 0 bridgehead atoms. The molecule has 358 valence electrons. The lowest BCUT2D eigenvalue weighted by atomic mass is 9.90. The molecule has 0 radical (unpaired) electrons. The van der Waals surface area contributed by atoms with E-state index in [1.807, 2.05) is 0 Å². The van der Waals surface area contributed by atoms with Gasteiger partial charge in [0.05, 0.1) is 48.3 Å². The van der Waals surface area contributed by atoms with Crippen LogP contribution in [0.1, 0.15) is 95.4 Å². The number of hydrogen-bond acceptors (Lipinski definition) is 2. The summed E-state index contributed by atoms with van der Waals surface area (Å²) in [5.41, 5.74) is 17.9. The van der Waals surface area contributed by atoms with Gasteiger partial charge in [0.2, 0.25) is 5.69 Å². The first-order valence-corrected chi connectivity index (χ1v) is 27.2. The zero-order chi connectivity index (χ0) is 47.4. The SMILES string of the molecule is CCCCn1c2[n+](c3ccccc31)CC[N+]1=C2C(CCCCN2c3ccccc3N(CCCCCn3c4[n+](c5ccccc53)CC[n+]3c-4n(CCCC)c4ccccc43)c3ccccc32)c2ccccc21. The maximum atomic E-state index is 2.68. The van der Waals surface area contributed by atoms with E-state index in [2.05, 4.69) is 201 Å². The highest BCUT2D eigenvalue weighted by atomic mass is 15.3. The van der Waals surface area contributed by atoms with Gasteiger partial charge in [0.15, 0.2) is 46.2 Å². The van der Waals surface area contributed by atoms with E-state index in [1.54, 1.807) is 0 Å². The number of para-hydroxylation sites is 11. The molecule has 0 fully saturated rings. The number of benzene rings is 6. The number of anilines is 4. The van der Waals surface area contributed by atoms with Gasteiger partial charge in [0, 0.05) is 24.7 Å². The van der Waals surface area contributed by atoms with Crippen molar-refractivity contribution in [1.29, 1.82) is 0 Å². The molecule has 6 aromatic carbocycles. The number of unbranched alkanes of at least 4 members (excludes halogenated alkanes) is 5. The molecule has 0 N–H and O–H groups in total. The molecular formula is C62H69N9+4. The van der Waals surface area contributed by atoms with Crippen LogP contribution in [0.25, 0.3) is 44.7 Å². The number of hydrogen-bond donors (Lipinski definition) is 0. The Morgan fingerprint density at radius 2 is 0.803 bits per heavy atom. The van der Waals surface area contributed by atoms with Gasteiger partial charge in [0.25, 0.3) is 5.71 Å². The molecule has 1 unspecified atom stereocenters. The molecule has 71 heavy (non-hydrogen) atoms. The van der Waals surface area contributed by atoms with E-state index in [-0.39, 0.29) is 0 Å². The van der Waals surface area contributed by atoms with E-state index in [4.69, 9.17) is 0 Å². The molecule has 4 aliphatic rings. The molecule has 0 saturated carbocycles. The normalized spacial score (nSPS) is 15.5. The fourth-order valence-electron chi connectivity index (χ4n) is 13.3. The van der Waals surface area contributed by atoms with Crippen molar-refractivity contribution in [3.05, 3.63) is 157 Å². The number of rotatable bonds is 17. The summed E-state index contributed by atoms with van der Waals surface area (Å²) in [6.07, 6.45) is 11.6. The first-order chi connectivity index (χ1) is 35.2. The van der Waals surface area contributed by atoms with Crippen molar-refractivity contribution in [1.82, 2.24) is 13.7 Å². The standard InChI is InChI=1S/C62H69N9/c1-3-5-37-66-53-31-14-17-34-56(53)69-43-42-65-48-26-9-8-24-46(48)47(59(65)60(66)69)25-20-23-40-64-51-29-12-10-27-49(51)63(50-28-11-13-30-52(50)64)39-21-7-22-41-68-55-33-16-19-36-58(55)71-45-44-70-57-35-18-15-32-54(57)67(38-6-4-2)61(70)62(68)71/h8-19,24,26-36,47H,3-7,20-23,25,37-45H2,1-2H3/q+4. The Hall–Kier alpha value is -7.00. The van der Waals surface area contributed by atoms with Gasteiger partial charge in [0.1, 0.15) is 13.1 Å². The van der Waals surface area contributed by atoms with Crippen molar-refractivity contribution in [2.75, 3.05) is 29.4 Å². The van der Waals surface area contributed by atoms with Gasteiger partial charge in [-0.2, -0.15) is 4.58 Å². The molecule has 0 amide bonds. The molecule has 13 rings (SSSR count). The Labute approximate surface area is 418 Å². The summed E-state index contributed by atoms with van der Waals surface area (Å²) >= 11 is 0. The lowest BCUT2D eigenvalue weighted by Crippen LogP contribution is -2.53. The van der Waals surface area contributed by atoms with Crippen molar-refractivity contribution >= 4 is 67.2 Å². The third-order valence-corrected chi connectivity index (χ3v) is 16.5. The Kier molecular flexibility index (Phi) is 11.5. The fraction of sp³-hybridized carbons (Fsp3) is 0.355. The second kappa shape index (κ2) is 18.6. The molecule has 9 heteroatoms. The van der Waals surface area contributed by atoms with E-state index in [1.165, 1.54) is 116 Å². The summed E-state index contributed by atoms with van der Waals surface area (Å²) in [6, 6.07) is 54.9. The minimum Gasteiger partial charge on any atom is -0.338 e. The number of nitrogens with zero attached hydrogens (tertiary/aromatic N) is 9. The van der Waals surface area contributed by atoms with Crippen molar-refractivity contribution in [2.45, 2.75) is 123 Å². The average Bonchev–Trinajstić information content (AvgIpc) is 4.13. The van der Waals surface area contributed by atoms with Crippen LogP contribution >= 0.6 is 0 Å². The molecule has 4 aliphatic heterocycles. The van der Waals surface area contributed by atoms with Crippen LogP contribution in [0.15, 0.2) is 146 Å². The van der Waals surface area contributed by atoms with Gasteiger partial charge in [-0.05, 0) is 106 Å². The van der Waals surface area contributed by atoms with E-state index in [9.17, 15) is 0 Å². The highest BCUT2D eigenvalue weighted by molar-refractivity contribution is 6.03.